The lowest BCUT2D eigenvalue weighted by Gasteiger charge is -2.15. The first-order valence-corrected chi connectivity index (χ1v) is 7.74. The summed E-state index contributed by atoms with van der Waals surface area (Å²) in [5, 5.41) is 20.2. The SMILES string of the molecule is O=c1[nH]c2cc(Cl)ccc2cc1CN1C[C@@H](CO)[C@H](CO)C1. The molecular formula is C16H19ClN2O3. The number of aromatic nitrogens is 1. The van der Waals surface area contributed by atoms with Gasteiger partial charge in [0.05, 0.1) is 0 Å². The molecule has 1 aromatic heterocycles. The van der Waals surface area contributed by atoms with Gasteiger partial charge in [-0.25, -0.2) is 0 Å². The molecule has 1 aliphatic rings. The second-order valence-electron chi connectivity index (χ2n) is 5.93. The van der Waals surface area contributed by atoms with Crippen LogP contribution in [0.1, 0.15) is 5.56 Å². The molecule has 6 heteroatoms. The van der Waals surface area contributed by atoms with Gasteiger partial charge in [0, 0.05) is 60.8 Å². The lowest BCUT2D eigenvalue weighted by molar-refractivity contribution is 0.152. The third kappa shape index (κ3) is 3.03. The second kappa shape index (κ2) is 6.38. The molecule has 22 heavy (non-hydrogen) atoms. The van der Waals surface area contributed by atoms with Gasteiger partial charge in [0.15, 0.2) is 0 Å². The molecule has 2 atom stereocenters. The zero-order valence-electron chi connectivity index (χ0n) is 12.1. The van der Waals surface area contributed by atoms with Crippen LogP contribution < -0.4 is 5.56 Å². The first kappa shape index (κ1) is 15.5. The van der Waals surface area contributed by atoms with E-state index in [2.05, 4.69) is 9.88 Å². The van der Waals surface area contributed by atoms with Crippen LogP contribution in [0.25, 0.3) is 10.9 Å². The average Bonchev–Trinajstić information content (AvgIpc) is 2.90. The van der Waals surface area contributed by atoms with E-state index in [9.17, 15) is 15.0 Å². The Morgan fingerprint density at radius 1 is 1.18 bits per heavy atom. The van der Waals surface area contributed by atoms with Gasteiger partial charge in [-0.1, -0.05) is 17.7 Å². The molecule has 0 radical (unpaired) electrons. The maximum absolute atomic E-state index is 12.2. The van der Waals surface area contributed by atoms with Gasteiger partial charge >= 0.3 is 0 Å². The van der Waals surface area contributed by atoms with E-state index in [4.69, 9.17) is 11.6 Å². The van der Waals surface area contributed by atoms with Crippen LogP contribution in [0.5, 0.6) is 0 Å². The third-order valence-corrected chi connectivity index (χ3v) is 4.64. The minimum absolute atomic E-state index is 0.0638. The molecule has 1 aromatic carbocycles. The number of pyridine rings is 1. The number of fused-ring (bicyclic) bond motifs is 1. The lowest BCUT2D eigenvalue weighted by atomic mass is 9.98. The maximum Gasteiger partial charge on any atom is 0.252 e. The molecule has 1 saturated heterocycles. The molecule has 0 spiro atoms. The summed E-state index contributed by atoms with van der Waals surface area (Å²) >= 11 is 5.93. The van der Waals surface area contributed by atoms with E-state index in [0.717, 1.165) is 10.9 Å². The van der Waals surface area contributed by atoms with Crippen LogP contribution in [0, 0.1) is 11.8 Å². The summed E-state index contributed by atoms with van der Waals surface area (Å²) in [4.78, 5) is 17.2. The summed E-state index contributed by atoms with van der Waals surface area (Å²) in [6, 6.07) is 7.30. The number of nitrogens with one attached hydrogen (secondary N) is 1. The van der Waals surface area contributed by atoms with Crippen molar-refractivity contribution in [2.24, 2.45) is 11.8 Å². The number of rotatable bonds is 4. The molecule has 3 rings (SSSR count). The van der Waals surface area contributed by atoms with Crippen molar-refractivity contribution in [3.63, 3.8) is 0 Å². The van der Waals surface area contributed by atoms with Gasteiger partial charge in [0.1, 0.15) is 0 Å². The Morgan fingerprint density at radius 2 is 1.86 bits per heavy atom. The molecule has 5 nitrogen and oxygen atoms in total. The van der Waals surface area contributed by atoms with E-state index in [1.165, 1.54) is 0 Å². The zero-order chi connectivity index (χ0) is 15.7. The first-order valence-electron chi connectivity index (χ1n) is 7.36. The standard InChI is InChI=1S/C16H19ClN2O3/c17-14-2-1-10-3-11(16(22)18-15(10)4-14)5-19-6-12(8-20)13(7-19)9-21/h1-4,12-13,20-21H,5-9H2,(H,18,22)/t12-,13-/m0/s1. The van der Waals surface area contributed by atoms with E-state index in [1.807, 2.05) is 12.1 Å². The zero-order valence-corrected chi connectivity index (χ0v) is 12.9. The molecule has 0 saturated carbocycles. The average molecular weight is 323 g/mol. The molecule has 3 N–H and O–H groups in total. The van der Waals surface area contributed by atoms with Crippen molar-refractivity contribution in [1.29, 1.82) is 0 Å². The van der Waals surface area contributed by atoms with Crippen LogP contribution in [0.4, 0.5) is 0 Å². The normalized spacial score (nSPS) is 22.5. The molecular weight excluding hydrogens is 304 g/mol. The van der Waals surface area contributed by atoms with Crippen LogP contribution in [-0.4, -0.2) is 46.4 Å². The van der Waals surface area contributed by atoms with Crippen molar-refractivity contribution in [3.05, 3.63) is 45.2 Å². The Hall–Kier alpha value is -1.40. The van der Waals surface area contributed by atoms with Crippen molar-refractivity contribution in [2.75, 3.05) is 26.3 Å². The summed E-state index contributed by atoms with van der Waals surface area (Å²) in [5.41, 5.74) is 1.29. The molecule has 0 amide bonds. The Bertz CT molecular complexity index is 719. The number of nitrogens with zero attached hydrogens (tertiary/aromatic N) is 1. The largest absolute Gasteiger partial charge is 0.396 e. The summed E-state index contributed by atoms with van der Waals surface area (Å²) < 4.78 is 0. The molecule has 0 aliphatic carbocycles. The highest BCUT2D eigenvalue weighted by Crippen LogP contribution is 2.24. The quantitative estimate of drug-likeness (QED) is 0.791. The van der Waals surface area contributed by atoms with Crippen molar-refractivity contribution < 1.29 is 10.2 Å². The summed E-state index contributed by atoms with van der Waals surface area (Å²) in [6.45, 7) is 2.03. The van der Waals surface area contributed by atoms with Crippen molar-refractivity contribution in [1.82, 2.24) is 9.88 Å². The number of benzene rings is 1. The highest BCUT2D eigenvalue weighted by Gasteiger charge is 2.31. The Labute approximate surface area is 133 Å². The number of H-pyrrole nitrogens is 1. The monoisotopic (exact) mass is 322 g/mol. The smallest absolute Gasteiger partial charge is 0.252 e. The van der Waals surface area contributed by atoms with E-state index in [1.54, 1.807) is 12.1 Å². The fraction of sp³-hybridized carbons (Fsp3) is 0.438. The van der Waals surface area contributed by atoms with Crippen molar-refractivity contribution in [2.45, 2.75) is 6.54 Å². The maximum atomic E-state index is 12.2. The molecule has 1 fully saturated rings. The molecule has 118 valence electrons. The summed E-state index contributed by atoms with van der Waals surface area (Å²) in [6.07, 6.45) is 0. The molecule has 0 unspecified atom stereocenters. The van der Waals surface area contributed by atoms with Crippen LogP contribution in [0.2, 0.25) is 5.02 Å². The van der Waals surface area contributed by atoms with Crippen LogP contribution in [0.15, 0.2) is 29.1 Å². The molecule has 1 aliphatic heterocycles. The number of hydrogen-bond donors (Lipinski definition) is 3. The first-order chi connectivity index (χ1) is 10.6. The Morgan fingerprint density at radius 3 is 2.50 bits per heavy atom. The highest BCUT2D eigenvalue weighted by molar-refractivity contribution is 6.31. The van der Waals surface area contributed by atoms with E-state index in [-0.39, 0.29) is 30.6 Å². The van der Waals surface area contributed by atoms with Crippen molar-refractivity contribution >= 4 is 22.5 Å². The van der Waals surface area contributed by atoms with Crippen molar-refractivity contribution in [3.8, 4) is 0 Å². The third-order valence-electron chi connectivity index (χ3n) is 4.40. The number of aromatic amines is 1. The predicted molar refractivity (Wildman–Crippen MR) is 86.0 cm³/mol. The fourth-order valence-corrected chi connectivity index (χ4v) is 3.33. The predicted octanol–water partition coefficient (Wildman–Crippen LogP) is 1.21. The van der Waals surface area contributed by atoms with E-state index >= 15 is 0 Å². The van der Waals surface area contributed by atoms with Gasteiger partial charge in [-0.2, -0.15) is 0 Å². The Kier molecular flexibility index (Phi) is 4.49. The minimum atomic E-state index is -0.122. The molecule has 2 heterocycles. The van der Waals surface area contributed by atoms with E-state index < -0.39 is 0 Å². The van der Waals surface area contributed by atoms with Gasteiger partial charge in [-0.15, -0.1) is 0 Å². The summed E-state index contributed by atoms with van der Waals surface area (Å²) in [5.74, 6) is 0.145. The van der Waals surface area contributed by atoms with E-state index in [0.29, 0.717) is 30.2 Å². The topological polar surface area (TPSA) is 76.6 Å². The highest BCUT2D eigenvalue weighted by atomic mass is 35.5. The van der Waals surface area contributed by atoms with Gasteiger partial charge in [-0.3, -0.25) is 9.69 Å². The number of halogens is 1. The number of aliphatic hydroxyl groups excluding tert-OH is 2. The molecule has 0 bridgehead atoms. The fourth-order valence-electron chi connectivity index (χ4n) is 3.16. The van der Waals surface area contributed by atoms with Crippen LogP contribution >= 0.6 is 11.6 Å². The number of aliphatic hydroxyl groups is 2. The summed E-state index contributed by atoms with van der Waals surface area (Å²) in [7, 11) is 0. The Balaban J connectivity index is 1.84. The minimum Gasteiger partial charge on any atom is -0.396 e. The second-order valence-corrected chi connectivity index (χ2v) is 6.37. The lowest BCUT2D eigenvalue weighted by Crippen LogP contribution is -2.25. The van der Waals surface area contributed by atoms with Crippen LogP contribution in [0.3, 0.4) is 0 Å². The van der Waals surface area contributed by atoms with Crippen LogP contribution in [-0.2, 0) is 6.54 Å². The van der Waals surface area contributed by atoms with Gasteiger partial charge < -0.3 is 15.2 Å². The van der Waals surface area contributed by atoms with Gasteiger partial charge in [0.2, 0.25) is 0 Å². The van der Waals surface area contributed by atoms with Gasteiger partial charge in [0.25, 0.3) is 5.56 Å². The number of hydrogen-bond acceptors (Lipinski definition) is 4. The molecule has 2 aromatic rings. The van der Waals surface area contributed by atoms with Gasteiger partial charge in [-0.05, 0) is 23.6 Å². The number of likely N-dealkylation sites (tertiary alicyclic amines) is 1.